The predicted molar refractivity (Wildman–Crippen MR) is 61.2 cm³/mol. The molecule has 2 aromatic rings. The van der Waals surface area contributed by atoms with Crippen molar-refractivity contribution in [1.29, 1.82) is 5.26 Å². The molecule has 0 radical (unpaired) electrons. The maximum absolute atomic E-state index is 8.79. The molecule has 1 aromatic heterocycles. The third-order valence-corrected chi connectivity index (χ3v) is 2.15. The molecule has 16 heavy (non-hydrogen) atoms. The number of hydrogen-bond acceptors (Lipinski definition) is 3. The molecule has 0 spiro atoms. The zero-order chi connectivity index (χ0) is 11.2. The molecule has 3 nitrogen and oxygen atoms in total. The molecule has 0 fully saturated rings. The van der Waals surface area contributed by atoms with Gasteiger partial charge in [-0.05, 0) is 11.6 Å². The molecule has 76 valence electrons. The summed E-state index contributed by atoms with van der Waals surface area (Å²) in [6.45, 7) is 0. The van der Waals surface area contributed by atoms with E-state index in [1.807, 2.05) is 36.4 Å². The van der Waals surface area contributed by atoms with E-state index in [-0.39, 0.29) is 0 Å². The van der Waals surface area contributed by atoms with Crippen LogP contribution in [0.15, 0.2) is 55.0 Å². The van der Waals surface area contributed by atoms with Crippen molar-refractivity contribution in [2.75, 3.05) is 0 Å². The number of rotatable bonds is 2. The lowest BCUT2D eigenvalue weighted by molar-refractivity contribution is 1.14. The zero-order valence-corrected chi connectivity index (χ0v) is 8.54. The van der Waals surface area contributed by atoms with Crippen LogP contribution in [-0.4, -0.2) is 9.97 Å². The number of allylic oxidation sites excluding steroid dienone is 1. The quantitative estimate of drug-likeness (QED) is 0.710. The van der Waals surface area contributed by atoms with Crippen LogP contribution in [0.2, 0.25) is 0 Å². The van der Waals surface area contributed by atoms with Crippen LogP contribution in [0.5, 0.6) is 0 Å². The lowest BCUT2D eigenvalue weighted by Gasteiger charge is -2.04. The van der Waals surface area contributed by atoms with Crippen molar-refractivity contribution >= 4 is 5.57 Å². The van der Waals surface area contributed by atoms with Gasteiger partial charge < -0.3 is 0 Å². The average Bonchev–Trinajstić information content (AvgIpc) is 2.38. The van der Waals surface area contributed by atoms with Gasteiger partial charge in [0, 0.05) is 17.8 Å². The van der Waals surface area contributed by atoms with Crippen molar-refractivity contribution in [2.24, 2.45) is 0 Å². The Bertz CT molecular complexity index is 483. The van der Waals surface area contributed by atoms with Crippen molar-refractivity contribution < 1.29 is 0 Å². The second kappa shape index (κ2) is 4.85. The summed E-state index contributed by atoms with van der Waals surface area (Å²) < 4.78 is 0. The van der Waals surface area contributed by atoms with Gasteiger partial charge in [0.05, 0.1) is 11.8 Å². The highest BCUT2D eigenvalue weighted by Crippen LogP contribution is 2.20. The zero-order valence-electron chi connectivity index (χ0n) is 8.54. The van der Waals surface area contributed by atoms with Crippen LogP contribution in [0.1, 0.15) is 11.3 Å². The van der Waals surface area contributed by atoms with E-state index >= 15 is 0 Å². The van der Waals surface area contributed by atoms with E-state index in [0.29, 0.717) is 0 Å². The smallest absolute Gasteiger partial charge is 0.116 e. The standard InChI is InChI=1S/C13H9N3/c14-8-6-12(11-4-2-1-3-5-11)13-7-9-15-10-16-13/h1-7,9-10H/b12-6+. The molecule has 0 aliphatic heterocycles. The molecule has 1 aromatic carbocycles. The van der Waals surface area contributed by atoms with Gasteiger partial charge in [0.15, 0.2) is 0 Å². The Morgan fingerprint density at radius 2 is 2.00 bits per heavy atom. The summed E-state index contributed by atoms with van der Waals surface area (Å²) in [5, 5.41) is 8.79. The lowest BCUT2D eigenvalue weighted by atomic mass is 10.0. The molecule has 0 saturated carbocycles. The normalized spacial score (nSPS) is 10.8. The first-order valence-electron chi connectivity index (χ1n) is 4.83. The molecule has 0 aliphatic carbocycles. The summed E-state index contributed by atoms with van der Waals surface area (Å²) in [6, 6.07) is 13.5. The highest BCUT2D eigenvalue weighted by Gasteiger charge is 2.04. The highest BCUT2D eigenvalue weighted by atomic mass is 14.8. The Morgan fingerprint density at radius 1 is 1.19 bits per heavy atom. The van der Waals surface area contributed by atoms with Gasteiger partial charge in [0.1, 0.15) is 6.33 Å². The molecule has 0 atom stereocenters. The fraction of sp³-hybridized carbons (Fsp3) is 0. The third-order valence-electron chi connectivity index (χ3n) is 2.15. The second-order valence-corrected chi connectivity index (χ2v) is 3.15. The second-order valence-electron chi connectivity index (χ2n) is 3.15. The maximum atomic E-state index is 8.79. The highest BCUT2D eigenvalue weighted by molar-refractivity contribution is 5.79. The van der Waals surface area contributed by atoms with E-state index in [0.717, 1.165) is 16.8 Å². The van der Waals surface area contributed by atoms with E-state index in [1.165, 1.54) is 12.4 Å². The number of hydrogen-bond donors (Lipinski definition) is 0. The summed E-state index contributed by atoms with van der Waals surface area (Å²) in [4.78, 5) is 8.00. The van der Waals surface area contributed by atoms with Crippen molar-refractivity contribution in [3.05, 3.63) is 66.3 Å². The molecule has 0 unspecified atom stereocenters. The first-order chi connectivity index (χ1) is 7.92. The third kappa shape index (κ3) is 2.12. The number of aromatic nitrogens is 2. The molecule has 1 heterocycles. The first-order valence-corrected chi connectivity index (χ1v) is 4.83. The lowest BCUT2D eigenvalue weighted by Crippen LogP contribution is -1.91. The minimum Gasteiger partial charge on any atom is -0.245 e. The molecule has 3 heteroatoms. The summed E-state index contributed by atoms with van der Waals surface area (Å²) in [5.41, 5.74) is 2.54. The first kappa shape index (κ1) is 10.1. The van der Waals surface area contributed by atoms with E-state index in [9.17, 15) is 0 Å². The summed E-state index contributed by atoms with van der Waals surface area (Å²) in [6.07, 6.45) is 4.64. The van der Waals surface area contributed by atoms with Crippen LogP contribution in [-0.2, 0) is 0 Å². The Hall–Kier alpha value is -2.47. The SMILES string of the molecule is N#C/C=C(\c1ccccc1)c1ccncn1. The molecule has 0 aliphatic rings. The van der Waals surface area contributed by atoms with Gasteiger partial charge in [-0.25, -0.2) is 9.97 Å². The Kier molecular flexibility index (Phi) is 3.05. The summed E-state index contributed by atoms with van der Waals surface area (Å²) in [7, 11) is 0. The van der Waals surface area contributed by atoms with Crippen LogP contribution in [0.4, 0.5) is 0 Å². The van der Waals surface area contributed by atoms with Gasteiger partial charge in [0.25, 0.3) is 0 Å². The number of benzene rings is 1. The van der Waals surface area contributed by atoms with Gasteiger partial charge in [-0.2, -0.15) is 5.26 Å². The Labute approximate surface area is 93.7 Å². The topological polar surface area (TPSA) is 49.6 Å². The van der Waals surface area contributed by atoms with Crippen LogP contribution in [0.3, 0.4) is 0 Å². The minimum atomic E-state index is 0.753. The van der Waals surface area contributed by atoms with Crippen LogP contribution >= 0.6 is 0 Å². The number of nitrogens with zero attached hydrogens (tertiary/aromatic N) is 3. The number of nitriles is 1. The maximum Gasteiger partial charge on any atom is 0.116 e. The Morgan fingerprint density at radius 3 is 2.62 bits per heavy atom. The monoisotopic (exact) mass is 207 g/mol. The van der Waals surface area contributed by atoms with Crippen LogP contribution < -0.4 is 0 Å². The largest absolute Gasteiger partial charge is 0.245 e. The van der Waals surface area contributed by atoms with Crippen molar-refractivity contribution in [1.82, 2.24) is 9.97 Å². The summed E-state index contributed by atoms with van der Waals surface area (Å²) >= 11 is 0. The van der Waals surface area contributed by atoms with Crippen molar-refractivity contribution in [3.63, 3.8) is 0 Å². The summed E-state index contributed by atoms with van der Waals surface area (Å²) in [5.74, 6) is 0. The van der Waals surface area contributed by atoms with E-state index in [1.54, 1.807) is 12.3 Å². The average molecular weight is 207 g/mol. The van der Waals surface area contributed by atoms with Crippen LogP contribution in [0, 0.1) is 11.3 Å². The fourth-order valence-corrected chi connectivity index (χ4v) is 1.44. The van der Waals surface area contributed by atoms with Gasteiger partial charge in [-0.3, -0.25) is 0 Å². The Balaban J connectivity index is 2.50. The minimum absolute atomic E-state index is 0.753. The van der Waals surface area contributed by atoms with E-state index in [4.69, 9.17) is 5.26 Å². The molecule has 0 bridgehead atoms. The van der Waals surface area contributed by atoms with E-state index < -0.39 is 0 Å². The van der Waals surface area contributed by atoms with Gasteiger partial charge in [-0.1, -0.05) is 30.3 Å². The molecule has 0 N–H and O–H groups in total. The van der Waals surface area contributed by atoms with Crippen LogP contribution in [0.25, 0.3) is 5.57 Å². The molecule has 2 rings (SSSR count). The van der Waals surface area contributed by atoms with Gasteiger partial charge >= 0.3 is 0 Å². The van der Waals surface area contributed by atoms with Crippen molar-refractivity contribution in [3.8, 4) is 6.07 Å². The fourth-order valence-electron chi connectivity index (χ4n) is 1.44. The molecular formula is C13H9N3. The predicted octanol–water partition coefficient (Wildman–Crippen LogP) is 2.43. The van der Waals surface area contributed by atoms with Crippen molar-refractivity contribution in [2.45, 2.75) is 0 Å². The molecule has 0 amide bonds. The molecule has 0 saturated heterocycles. The van der Waals surface area contributed by atoms with E-state index in [2.05, 4.69) is 9.97 Å². The van der Waals surface area contributed by atoms with Gasteiger partial charge in [0.2, 0.25) is 0 Å². The molecular weight excluding hydrogens is 198 g/mol. The van der Waals surface area contributed by atoms with Gasteiger partial charge in [-0.15, -0.1) is 0 Å².